The van der Waals surface area contributed by atoms with E-state index in [9.17, 15) is 4.79 Å². The van der Waals surface area contributed by atoms with Crippen molar-refractivity contribution in [1.29, 1.82) is 5.26 Å². The number of nitriles is 1. The van der Waals surface area contributed by atoms with Gasteiger partial charge in [0.05, 0.1) is 18.5 Å². The summed E-state index contributed by atoms with van der Waals surface area (Å²) in [6.07, 6.45) is 0.375. The number of carbonyl (C=O) groups is 1. The molecule has 15 heavy (non-hydrogen) atoms. The van der Waals surface area contributed by atoms with Crippen molar-refractivity contribution in [3.05, 3.63) is 0 Å². The van der Waals surface area contributed by atoms with Gasteiger partial charge in [-0.15, -0.1) is 0 Å². The molecule has 1 rings (SSSR count). The van der Waals surface area contributed by atoms with E-state index < -0.39 is 0 Å². The Balaban J connectivity index is 2.28. The molecule has 0 aliphatic carbocycles. The number of hydrogen-bond donors (Lipinski definition) is 2. The fourth-order valence-electron chi connectivity index (χ4n) is 1.62. The first-order valence-corrected chi connectivity index (χ1v) is 5.35. The molecular formula is C10H18N4O. The molecule has 0 saturated carbocycles. The van der Waals surface area contributed by atoms with Crippen LogP contribution in [0, 0.1) is 11.3 Å². The van der Waals surface area contributed by atoms with Crippen molar-refractivity contribution in [2.24, 2.45) is 0 Å². The lowest BCUT2D eigenvalue weighted by atomic mass is 10.2. The van der Waals surface area contributed by atoms with Gasteiger partial charge in [0.15, 0.2) is 0 Å². The van der Waals surface area contributed by atoms with Crippen LogP contribution in [0.5, 0.6) is 0 Å². The Kier molecular flexibility index (Phi) is 5.08. The summed E-state index contributed by atoms with van der Waals surface area (Å²) in [7, 11) is 0. The summed E-state index contributed by atoms with van der Waals surface area (Å²) in [5.74, 6) is 0.0205. The quantitative estimate of drug-likeness (QED) is 0.603. The zero-order chi connectivity index (χ0) is 11.1. The standard InChI is InChI=1S/C10H18N4O/c1-9(10(15)13-4-2-3-11)14-7-5-12-6-8-14/h9,12H,2,4-8H2,1H3,(H,13,15). The summed E-state index contributed by atoms with van der Waals surface area (Å²) in [4.78, 5) is 13.8. The lowest BCUT2D eigenvalue weighted by Crippen LogP contribution is -2.52. The Bertz CT molecular complexity index is 242. The Morgan fingerprint density at radius 2 is 2.27 bits per heavy atom. The number of piperazine rings is 1. The molecule has 84 valence electrons. The molecule has 1 heterocycles. The van der Waals surface area contributed by atoms with Crippen LogP contribution in [0.15, 0.2) is 0 Å². The molecular weight excluding hydrogens is 192 g/mol. The van der Waals surface area contributed by atoms with E-state index in [2.05, 4.69) is 15.5 Å². The van der Waals surface area contributed by atoms with Gasteiger partial charge in [-0.25, -0.2) is 0 Å². The molecule has 1 saturated heterocycles. The molecule has 1 unspecified atom stereocenters. The van der Waals surface area contributed by atoms with Gasteiger partial charge in [0.2, 0.25) is 5.91 Å². The molecule has 0 radical (unpaired) electrons. The minimum atomic E-state index is -0.0919. The molecule has 1 aliphatic heterocycles. The van der Waals surface area contributed by atoms with E-state index in [1.807, 2.05) is 13.0 Å². The monoisotopic (exact) mass is 210 g/mol. The molecule has 5 nitrogen and oxygen atoms in total. The second-order valence-corrected chi connectivity index (χ2v) is 3.66. The van der Waals surface area contributed by atoms with Crippen LogP contribution in [0.1, 0.15) is 13.3 Å². The first kappa shape index (κ1) is 12.0. The molecule has 1 amide bonds. The predicted molar refractivity (Wildman–Crippen MR) is 57.1 cm³/mol. The summed E-state index contributed by atoms with van der Waals surface area (Å²) >= 11 is 0. The van der Waals surface area contributed by atoms with Gasteiger partial charge in [0.25, 0.3) is 0 Å². The van der Waals surface area contributed by atoms with Crippen LogP contribution in [-0.2, 0) is 4.79 Å². The molecule has 0 aromatic carbocycles. The topological polar surface area (TPSA) is 68.2 Å². The Morgan fingerprint density at radius 1 is 1.60 bits per heavy atom. The van der Waals surface area contributed by atoms with Crippen LogP contribution in [0.25, 0.3) is 0 Å². The van der Waals surface area contributed by atoms with E-state index in [-0.39, 0.29) is 11.9 Å². The van der Waals surface area contributed by atoms with Crippen LogP contribution in [-0.4, -0.2) is 49.6 Å². The van der Waals surface area contributed by atoms with Gasteiger partial charge in [0, 0.05) is 32.7 Å². The van der Waals surface area contributed by atoms with Crippen LogP contribution in [0.4, 0.5) is 0 Å². The molecule has 5 heteroatoms. The van der Waals surface area contributed by atoms with Crippen molar-refractivity contribution in [1.82, 2.24) is 15.5 Å². The summed E-state index contributed by atoms with van der Waals surface area (Å²) in [5, 5.41) is 14.3. The SMILES string of the molecule is CC(C(=O)NCCC#N)N1CCNCC1. The van der Waals surface area contributed by atoms with Crippen LogP contribution in [0.3, 0.4) is 0 Å². The molecule has 0 bridgehead atoms. The zero-order valence-corrected chi connectivity index (χ0v) is 9.12. The molecule has 2 N–H and O–H groups in total. The maximum Gasteiger partial charge on any atom is 0.237 e. The number of amides is 1. The largest absolute Gasteiger partial charge is 0.354 e. The second-order valence-electron chi connectivity index (χ2n) is 3.66. The molecule has 1 aliphatic rings. The molecule has 0 aromatic rings. The highest BCUT2D eigenvalue weighted by atomic mass is 16.2. The lowest BCUT2D eigenvalue weighted by Gasteiger charge is -2.31. The zero-order valence-electron chi connectivity index (χ0n) is 9.12. The van der Waals surface area contributed by atoms with Gasteiger partial charge >= 0.3 is 0 Å². The number of nitrogens with one attached hydrogen (secondary N) is 2. The van der Waals surface area contributed by atoms with E-state index in [4.69, 9.17) is 5.26 Å². The van der Waals surface area contributed by atoms with Gasteiger partial charge in [-0.05, 0) is 6.92 Å². The highest BCUT2D eigenvalue weighted by Gasteiger charge is 2.21. The number of nitrogens with zero attached hydrogens (tertiary/aromatic N) is 2. The van der Waals surface area contributed by atoms with Crippen LogP contribution < -0.4 is 10.6 Å². The Labute approximate surface area is 90.4 Å². The molecule has 1 fully saturated rings. The van der Waals surface area contributed by atoms with E-state index in [0.717, 1.165) is 26.2 Å². The van der Waals surface area contributed by atoms with E-state index >= 15 is 0 Å². The number of carbonyl (C=O) groups excluding carboxylic acids is 1. The third-order valence-corrected chi connectivity index (χ3v) is 2.61. The van der Waals surface area contributed by atoms with Crippen LogP contribution in [0.2, 0.25) is 0 Å². The maximum absolute atomic E-state index is 11.6. The van der Waals surface area contributed by atoms with Gasteiger partial charge in [-0.2, -0.15) is 5.26 Å². The average molecular weight is 210 g/mol. The fraction of sp³-hybridized carbons (Fsp3) is 0.800. The second kappa shape index (κ2) is 6.38. The van der Waals surface area contributed by atoms with E-state index in [1.165, 1.54) is 0 Å². The molecule has 1 atom stereocenters. The van der Waals surface area contributed by atoms with Crippen molar-refractivity contribution in [3.63, 3.8) is 0 Å². The first-order valence-electron chi connectivity index (χ1n) is 5.35. The summed E-state index contributed by atoms with van der Waals surface area (Å²) < 4.78 is 0. The number of hydrogen-bond acceptors (Lipinski definition) is 4. The fourth-order valence-corrected chi connectivity index (χ4v) is 1.62. The van der Waals surface area contributed by atoms with Crippen molar-refractivity contribution in [2.45, 2.75) is 19.4 Å². The minimum absolute atomic E-state index is 0.0205. The van der Waals surface area contributed by atoms with Crippen molar-refractivity contribution >= 4 is 5.91 Å². The van der Waals surface area contributed by atoms with Gasteiger partial charge < -0.3 is 10.6 Å². The smallest absolute Gasteiger partial charge is 0.237 e. The normalized spacial score (nSPS) is 19.2. The number of rotatable bonds is 4. The predicted octanol–water partition coefficient (Wildman–Crippen LogP) is -0.690. The maximum atomic E-state index is 11.6. The Hall–Kier alpha value is -1.12. The lowest BCUT2D eigenvalue weighted by molar-refractivity contribution is -0.126. The van der Waals surface area contributed by atoms with Crippen molar-refractivity contribution in [2.75, 3.05) is 32.7 Å². The highest BCUT2D eigenvalue weighted by Crippen LogP contribution is 2.00. The summed E-state index contributed by atoms with van der Waals surface area (Å²) in [6.45, 7) is 6.06. The highest BCUT2D eigenvalue weighted by molar-refractivity contribution is 5.81. The van der Waals surface area contributed by atoms with Crippen LogP contribution >= 0.6 is 0 Å². The summed E-state index contributed by atoms with van der Waals surface area (Å²) in [6, 6.07) is 1.91. The molecule has 0 aromatic heterocycles. The third-order valence-electron chi connectivity index (χ3n) is 2.61. The van der Waals surface area contributed by atoms with E-state index in [1.54, 1.807) is 0 Å². The van der Waals surface area contributed by atoms with Gasteiger partial charge in [-0.1, -0.05) is 0 Å². The third kappa shape index (κ3) is 3.86. The minimum Gasteiger partial charge on any atom is -0.354 e. The average Bonchev–Trinajstić information content (AvgIpc) is 2.29. The van der Waals surface area contributed by atoms with E-state index in [0.29, 0.717) is 13.0 Å². The first-order chi connectivity index (χ1) is 7.25. The van der Waals surface area contributed by atoms with Gasteiger partial charge in [0.1, 0.15) is 0 Å². The van der Waals surface area contributed by atoms with Crippen molar-refractivity contribution in [3.8, 4) is 6.07 Å². The van der Waals surface area contributed by atoms with Crippen molar-refractivity contribution < 1.29 is 4.79 Å². The summed E-state index contributed by atoms with van der Waals surface area (Å²) in [5.41, 5.74) is 0. The Morgan fingerprint density at radius 3 is 2.87 bits per heavy atom. The molecule has 0 spiro atoms. The van der Waals surface area contributed by atoms with Gasteiger partial charge in [-0.3, -0.25) is 9.69 Å².